The first-order valence-corrected chi connectivity index (χ1v) is 6.54. The van der Waals surface area contributed by atoms with Gasteiger partial charge in [0.25, 0.3) is 5.91 Å². The molecule has 0 aliphatic heterocycles. The molecular weight excluding hydrogens is 284 g/mol. The van der Waals surface area contributed by atoms with Crippen LogP contribution in [0.4, 0.5) is 0 Å². The standard InChI is InChI=1S/C12H17BrN2O2/c13-10-6-5-8-14-11(10)12(17)15-7-3-1-2-4-9-16/h5-6,8,16H,1-4,7,9H2,(H,15,17). The van der Waals surface area contributed by atoms with Gasteiger partial charge in [0.15, 0.2) is 0 Å². The molecule has 0 aromatic carbocycles. The molecule has 0 saturated carbocycles. The quantitative estimate of drug-likeness (QED) is 0.758. The molecule has 1 rings (SSSR count). The van der Waals surface area contributed by atoms with Crippen LogP contribution in [0.5, 0.6) is 0 Å². The van der Waals surface area contributed by atoms with E-state index in [2.05, 4.69) is 26.2 Å². The average Bonchev–Trinajstić information content (AvgIpc) is 2.34. The minimum atomic E-state index is -0.153. The Bertz CT molecular complexity index is 358. The molecule has 0 aliphatic carbocycles. The van der Waals surface area contributed by atoms with Crippen LogP contribution in [0.1, 0.15) is 36.2 Å². The topological polar surface area (TPSA) is 62.2 Å². The van der Waals surface area contributed by atoms with Crippen LogP contribution in [-0.2, 0) is 0 Å². The maximum Gasteiger partial charge on any atom is 0.271 e. The van der Waals surface area contributed by atoms with E-state index in [0.29, 0.717) is 16.7 Å². The van der Waals surface area contributed by atoms with Crippen LogP contribution >= 0.6 is 15.9 Å². The van der Waals surface area contributed by atoms with Crippen LogP contribution in [0.25, 0.3) is 0 Å². The zero-order valence-corrected chi connectivity index (χ0v) is 11.2. The highest BCUT2D eigenvalue weighted by Crippen LogP contribution is 2.12. The molecule has 1 heterocycles. The van der Waals surface area contributed by atoms with Crippen molar-refractivity contribution in [2.75, 3.05) is 13.2 Å². The van der Waals surface area contributed by atoms with Gasteiger partial charge in [-0.05, 0) is 40.9 Å². The summed E-state index contributed by atoms with van der Waals surface area (Å²) in [6, 6.07) is 3.57. The highest BCUT2D eigenvalue weighted by Gasteiger charge is 2.09. The number of rotatable bonds is 7. The van der Waals surface area contributed by atoms with Crippen molar-refractivity contribution in [1.29, 1.82) is 0 Å². The van der Waals surface area contributed by atoms with Crippen LogP contribution in [0.2, 0.25) is 0 Å². The molecule has 0 aliphatic rings. The molecule has 1 aromatic heterocycles. The molecule has 5 heteroatoms. The van der Waals surface area contributed by atoms with E-state index in [4.69, 9.17) is 5.11 Å². The monoisotopic (exact) mass is 300 g/mol. The molecule has 0 radical (unpaired) electrons. The van der Waals surface area contributed by atoms with Crippen molar-refractivity contribution in [1.82, 2.24) is 10.3 Å². The number of hydrogen-bond acceptors (Lipinski definition) is 3. The number of nitrogens with one attached hydrogen (secondary N) is 1. The second-order valence-corrected chi connectivity index (χ2v) is 4.58. The summed E-state index contributed by atoms with van der Waals surface area (Å²) in [4.78, 5) is 15.7. The molecule has 0 unspecified atom stereocenters. The van der Waals surface area contributed by atoms with E-state index >= 15 is 0 Å². The fourth-order valence-corrected chi connectivity index (χ4v) is 1.86. The largest absolute Gasteiger partial charge is 0.396 e. The molecule has 94 valence electrons. The van der Waals surface area contributed by atoms with Gasteiger partial charge >= 0.3 is 0 Å². The van der Waals surface area contributed by atoms with E-state index in [0.717, 1.165) is 25.7 Å². The zero-order valence-electron chi connectivity index (χ0n) is 9.66. The van der Waals surface area contributed by atoms with Crippen molar-refractivity contribution < 1.29 is 9.90 Å². The molecule has 0 saturated heterocycles. The Morgan fingerprint density at radius 1 is 1.35 bits per heavy atom. The number of aliphatic hydroxyl groups excluding tert-OH is 1. The van der Waals surface area contributed by atoms with Crippen LogP contribution in [0, 0.1) is 0 Å². The van der Waals surface area contributed by atoms with Gasteiger partial charge in [-0.2, -0.15) is 0 Å². The highest BCUT2D eigenvalue weighted by atomic mass is 79.9. The third-order valence-corrected chi connectivity index (χ3v) is 2.98. The fourth-order valence-electron chi connectivity index (χ4n) is 1.43. The predicted octanol–water partition coefficient (Wildman–Crippen LogP) is 2.13. The molecule has 0 spiro atoms. The number of carbonyl (C=O) groups is 1. The third-order valence-electron chi connectivity index (χ3n) is 2.34. The number of hydrogen-bond donors (Lipinski definition) is 2. The summed E-state index contributed by atoms with van der Waals surface area (Å²) in [5, 5.41) is 11.4. The number of unbranched alkanes of at least 4 members (excludes halogenated alkanes) is 3. The first-order chi connectivity index (χ1) is 8.25. The number of nitrogens with zero attached hydrogens (tertiary/aromatic N) is 1. The van der Waals surface area contributed by atoms with Crippen molar-refractivity contribution in [2.24, 2.45) is 0 Å². The molecule has 0 atom stereocenters. The Labute approximate surface area is 110 Å². The highest BCUT2D eigenvalue weighted by molar-refractivity contribution is 9.10. The van der Waals surface area contributed by atoms with Crippen molar-refractivity contribution in [3.63, 3.8) is 0 Å². The lowest BCUT2D eigenvalue weighted by atomic mass is 10.2. The number of halogens is 1. The summed E-state index contributed by atoms with van der Waals surface area (Å²) in [5.74, 6) is -0.153. The van der Waals surface area contributed by atoms with Crippen LogP contribution in [0.15, 0.2) is 22.8 Å². The van der Waals surface area contributed by atoms with Crippen LogP contribution in [-0.4, -0.2) is 29.1 Å². The molecule has 0 fully saturated rings. The maximum atomic E-state index is 11.7. The Morgan fingerprint density at radius 3 is 2.82 bits per heavy atom. The molecule has 17 heavy (non-hydrogen) atoms. The van der Waals surface area contributed by atoms with Gasteiger partial charge in [0.05, 0.1) is 0 Å². The minimum absolute atomic E-state index is 0.153. The lowest BCUT2D eigenvalue weighted by Crippen LogP contribution is -2.25. The summed E-state index contributed by atoms with van der Waals surface area (Å²) in [6.07, 6.45) is 5.38. The van der Waals surface area contributed by atoms with Gasteiger partial charge in [-0.1, -0.05) is 12.8 Å². The number of pyridine rings is 1. The van der Waals surface area contributed by atoms with Gasteiger partial charge in [0.1, 0.15) is 5.69 Å². The van der Waals surface area contributed by atoms with Crippen LogP contribution in [0.3, 0.4) is 0 Å². The summed E-state index contributed by atoms with van der Waals surface area (Å²) in [6.45, 7) is 0.889. The molecule has 1 amide bonds. The first kappa shape index (κ1) is 14.1. The summed E-state index contributed by atoms with van der Waals surface area (Å²) in [5.41, 5.74) is 0.419. The number of aromatic nitrogens is 1. The molecule has 0 bridgehead atoms. The Balaban J connectivity index is 2.24. The molecular formula is C12H17BrN2O2. The van der Waals surface area contributed by atoms with E-state index in [1.165, 1.54) is 0 Å². The maximum absolute atomic E-state index is 11.7. The van der Waals surface area contributed by atoms with Gasteiger partial charge in [-0.25, -0.2) is 4.98 Å². The van der Waals surface area contributed by atoms with Gasteiger partial charge in [0.2, 0.25) is 0 Å². The smallest absolute Gasteiger partial charge is 0.271 e. The second kappa shape index (κ2) is 8.20. The van der Waals surface area contributed by atoms with Crippen molar-refractivity contribution in [2.45, 2.75) is 25.7 Å². The predicted molar refractivity (Wildman–Crippen MR) is 69.8 cm³/mol. The van der Waals surface area contributed by atoms with Gasteiger partial charge in [-0.15, -0.1) is 0 Å². The number of carbonyl (C=O) groups excluding carboxylic acids is 1. The Kier molecular flexibility index (Phi) is 6.81. The number of aliphatic hydroxyl groups is 1. The van der Waals surface area contributed by atoms with E-state index in [1.807, 2.05) is 0 Å². The minimum Gasteiger partial charge on any atom is -0.396 e. The molecule has 2 N–H and O–H groups in total. The van der Waals surface area contributed by atoms with Crippen molar-refractivity contribution in [3.8, 4) is 0 Å². The third kappa shape index (κ3) is 5.28. The van der Waals surface area contributed by atoms with E-state index in [-0.39, 0.29) is 12.5 Å². The second-order valence-electron chi connectivity index (χ2n) is 3.73. The zero-order chi connectivity index (χ0) is 12.5. The summed E-state index contributed by atoms with van der Waals surface area (Å²) < 4.78 is 0.706. The fraction of sp³-hybridized carbons (Fsp3) is 0.500. The lowest BCUT2D eigenvalue weighted by Gasteiger charge is -2.05. The van der Waals surface area contributed by atoms with Crippen molar-refractivity contribution in [3.05, 3.63) is 28.5 Å². The Hall–Kier alpha value is -0.940. The normalized spacial score (nSPS) is 10.2. The average molecular weight is 301 g/mol. The lowest BCUT2D eigenvalue weighted by molar-refractivity contribution is 0.0947. The van der Waals surface area contributed by atoms with E-state index in [9.17, 15) is 4.79 Å². The Morgan fingerprint density at radius 2 is 2.12 bits per heavy atom. The van der Waals surface area contributed by atoms with E-state index in [1.54, 1.807) is 18.3 Å². The first-order valence-electron chi connectivity index (χ1n) is 5.75. The molecule has 4 nitrogen and oxygen atoms in total. The van der Waals surface area contributed by atoms with Gasteiger partial charge < -0.3 is 10.4 Å². The molecule has 1 aromatic rings. The van der Waals surface area contributed by atoms with Crippen LogP contribution < -0.4 is 5.32 Å². The SMILES string of the molecule is O=C(NCCCCCCO)c1ncccc1Br. The van der Waals surface area contributed by atoms with Crippen molar-refractivity contribution >= 4 is 21.8 Å². The van der Waals surface area contributed by atoms with Gasteiger partial charge in [0, 0.05) is 23.8 Å². The summed E-state index contributed by atoms with van der Waals surface area (Å²) in [7, 11) is 0. The van der Waals surface area contributed by atoms with Gasteiger partial charge in [-0.3, -0.25) is 4.79 Å². The number of amides is 1. The summed E-state index contributed by atoms with van der Waals surface area (Å²) >= 11 is 3.29. The van der Waals surface area contributed by atoms with E-state index < -0.39 is 0 Å².